The van der Waals surface area contributed by atoms with Gasteiger partial charge in [0.05, 0.1) is 27.7 Å². The average Bonchev–Trinajstić information content (AvgIpc) is 3.38. The minimum atomic E-state index is -4.63. The Hall–Kier alpha value is -1.51. The van der Waals surface area contributed by atoms with Gasteiger partial charge in [-0.3, -0.25) is 14.2 Å². The lowest BCUT2D eigenvalue weighted by Crippen LogP contribution is -2.37. The van der Waals surface area contributed by atoms with Gasteiger partial charge in [0.15, 0.2) is 6.10 Å². The normalized spacial score (nSPS) is 13.3. The Labute approximate surface area is 472 Å². The summed E-state index contributed by atoms with van der Waals surface area (Å²) in [6.07, 6.45) is 71.5. The topological polar surface area (TPSA) is 111 Å². The molecule has 0 aliphatic rings. The van der Waals surface area contributed by atoms with Gasteiger partial charge < -0.3 is 27.9 Å². The molecule has 0 saturated heterocycles. The van der Waals surface area contributed by atoms with Crippen LogP contribution in [0.3, 0.4) is 0 Å². The molecule has 0 aromatic rings. The number of phosphoric acid groups is 1. The second-order valence-corrected chi connectivity index (χ2v) is 25.3. The van der Waals surface area contributed by atoms with Gasteiger partial charge in [0.1, 0.15) is 19.8 Å². The van der Waals surface area contributed by atoms with Crippen LogP contribution < -0.4 is 4.89 Å². The fraction of sp³-hybridized carbons (Fsp3) is 0.909. The summed E-state index contributed by atoms with van der Waals surface area (Å²) in [6, 6.07) is 0. The molecule has 2 atom stereocenters. The van der Waals surface area contributed by atoms with Crippen LogP contribution >= 0.6 is 7.82 Å². The smallest absolute Gasteiger partial charge is 0.306 e. The summed E-state index contributed by atoms with van der Waals surface area (Å²) in [6.45, 7) is 4.20. The fourth-order valence-electron chi connectivity index (χ4n) is 9.88. The van der Waals surface area contributed by atoms with Gasteiger partial charge in [0.25, 0.3) is 7.82 Å². The number of carbonyl (C=O) groups is 2. The summed E-state index contributed by atoms with van der Waals surface area (Å²) < 4.78 is 34.1. The van der Waals surface area contributed by atoms with Crippen molar-refractivity contribution in [3.63, 3.8) is 0 Å². The largest absolute Gasteiger partial charge is 0.756 e. The summed E-state index contributed by atoms with van der Waals surface area (Å²) in [5.74, 6) is -0.836. The Morgan fingerprint density at radius 3 is 1.09 bits per heavy atom. The lowest BCUT2D eigenvalue weighted by Gasteiger charge is -2.28. The standard InChI is InChI=1S/C66H128NO8P/c1-6-8-10-12-14-16-18-20-21-22-23-24-25-26-27-28-29-30-31-32-33-34-35-36-37-38-39-40-41-42-43-44-45-47-48-50-52-54-56-58-65(68)72-62-64(63-74-76(70,71)73-61-60-67(3,4)5)75-66(69)59-57-55-53-51-49-46-19-17-15-13-11-9-7-2/h11,13,17,19,64H,6-10,12,14-16,18,20-63H2,1-5H3/b13-11-,19-17-. The average molecular weight is 1090 g/mol. The van der Waals surface area contributed by atoms with Gasteiger partial charge >= 0.3 is 11.9 Å². The van der Waals surface area contributed by atoms with Crippen LogP contribution in [0.5, 0.6) is 0 Å². The molecule has 0 saturated carbocycles. The number of quaternary nitrogens is 1. The van der Waals surface area contributed by atoms with Crippen LogP contribution in [-0.4, -0.2) is 70.0 Å². The third-order valence-corrected chi connectivity index (χ3v) is 15.9. The van der Waals surface area contributed by atoms with E-state index in [1.54, 1.807) is 0 Å². The first kappa shape index (κ1) is 74.5. The summed E-state index contributed by atoms with van der Waals surface area (Å²) in [5, 5.41) is 0. The Kier molecular flexibility index (Phi) is 57.0. The highest BCUT2D eigenvalue weighted by atomic mass is 31.2. The van der Waals surface area contributed by atoms with Gasteiger partial charge in [0.2, 0.25) is 0 Å². The van der Waals surface area contributed by atoms with Crippen molar-refractivity contribution in [1.29, 1.82) is 0 Å². The maximum Gasteiger partial charge on any atom is 0.306 e. The molecule has 0 N–H and O–H groups in total. The predicted molar refractivity (Wildman–Crippen MR) is 324 cm³/mol. The summed E-state index contributed by atoms with van der Waals surface area (Å²) in [5.41, 5.74) is 0. The van der Waals surface area contributed by atoms with Crippen molar-refractivity contribution < 1.29 is 42.1 Å². The first-order chi connectivity index (χ1) is 37.0. The molecule has 76 heavy (non-hydrogen) atoms. The minimum absolute atomic E-state index is 0.0316. The number of carbonyl (C=O) groups excluding carboxylic acids is 2. The molecule has 0 heterocycles. The third-order valence-electron chi connectivity index (χ3n) is 15.0. The van der Waals surface area contributed by atoms with E-state index in [1.165, 1.54) is 238 Å². The maximum atomic E-state index is 12.7. The van der Waals surface area contributed by atoms with E-state index in [4.69, 9.17) is 18.5 Å². The number of ether oxygens (including phenoxy) is 2. The van der Waals surface area contributed by atoms with E-state index in [0.29, 0.717) is 17.4 Å². The number of likely N-dealkylation sites (N-methyl/N-ethyl adjacent to an activating group) is 1. The second kappa shape index (κ2) is 58.2. The Morgan fingerprint density at radius 1 is 0.408 bits per heavy atom. The van der Waals surface area contributed by atoms with Crippen molar-refractivity contribution in [3.05, 3.63) is 24.3 Å². The van der Waals surface area contributed by atoms with E-state index in [9.17, 15) is 19.0 Å². The number of hydrogen-bond donors (Lipinski definition) is 0. The zero-order chi connectivity index (χ0) is 55.6. The van der Waals surface area contributed by atoms with Crippen molar-refractivity contribution >= 4 is 19.8 Å². The number of phosphoric ester groups is 1. The van der Waals surface area contributed by atoms with Crippen LogP contribution in [0, 0.1) is 0 Å². The molecule has 0 radical (unpaired) electrons. The first-order valence-corrected chi connectivity index (χ1v) is 34.5. The van der Waals surface area contributed by atoms with Crippen LogP contribution in [0.15, 0.2) is 24.3 Å². The SMILES string of the molecule is CCC/C=C\C/C=C\CCCCCCCC(=O)OC(COC(=O)CCCCCCCCCCCCCCCCCCCCCCCCCCCCCCCCCCCCCCCCC)COP(=O)([O-])OCC[N+](C)(C)C. The van der Waals surface area contributed by atoms with Crippen LogP contribution in [0.1, 0.15) is 335 Å². The molecule has 0 fully saturated rings. The molecular weight excluding hydrogens is 966 g/mol. The van der Waals surface area contributed by atoms with Gasteiger partial charge in [0, 0.05) is 12.8 Å². The lowest BCUT2D eigenvalue weighted by molar-refractivity contribution is -0.870. The fourth-order valence-corrected chi connectivity index (χ4v) is 10.6. The Bertz CT molecular complexity index is 1330. The Balaban J connectivity index is 3.81. The van der Waals surface area contributed by atoms with E-state index >= 15 is 0 Å². The molecule has 0 aliphatic carbocycles. The third kappa shape index (κ3) is 61.7. The highest BCUT2D eigenvalue weighted by Gasteiger charge is 2.22. The first-order valence-electron chi connectivity index (χ1n) is 33.0. The minimum Gasteiger partial charge on any atom is -0.756 e. The number of esters is 2. The van der Waals surface area contributed by atoms with Crippen molar-refractivity contribution in [2.75, 3.05) is 47.5 Å². The van der Waals surface area contributed by atoms with E-state index < -0.39 is 26.5 Å². The zero-order valence-corrected chi connectivity index (χ0v) is 52.1. The molecule has 0 bridgehead atoms. The van der Waals surface area contributed by atoms with E-state index in [-0.39, 0.29) is 32.0 Å². The Morgan fingerprint density at radius 2 is 0.737 bits per heavy atom. The van der Waals surface area contributed by atoms with Crippen LogP contribution in [0.4, 0.5) is 0 Å². The summed E-state index contributed by atoms with van der Waals surface area (Å²) in [4.78, 5) is 37.8. The number of allylic oxidation sites excluding steroid dienone is 4. The van der Waals surface area contributed by atoms with Gasteiger partial charge in [-0.2, -0.15) is 0 Å². The molecule has 450 valence electrons. The van der Waals surface area contributed by atoms with Gasteiger partial charge in [-0.05, 0) is 38.5 Å². The molecule has 0 aromatic carbocycles. The quantitative estimate of drug-likeness (QED) is 0.0195. The van der Waals surface area contributed by atoms with E-state index in [0.717, 1.165) is 64.2 Å². The molecule has 9 nitrogen and oxygen atoms in total. The lowest BCUT2D eigenvalue weighted by atomic mass is 10.0. The van der Waals surface area contributed by atoms with Crippen LogP contribution in [0.25, 0.3) is 0 Å². The number of unbranched alkanes of at least 4 members (excludes halogenated alkanes) is 44. The number of nitrogens with zero attached hydrogens (tertiary/aromatic N) is 1. The predicted octanol–water partition coefficient (Wildman–Crippen LogP) is 20.3. The molecule has 0 aliphatic heterocycles. The highest BCUT2D eigenvalue weighted by Crippen LogP contribution is 2.38. The second-order valence-electron chi connectivity index (χ2n) is 23.8. The monoisotopic (exact) mass is 1090 g/mol. The van der Waals surface area contributed by atoms with Gasteiger partial charge in [-0.25, -0.2) is 0 Å². The molecule has 0 aromatic heterocycles. The van der Waals surface area contributed by atoms with E-state index in [2.05, 4.69) is 38.2 Å². The molecule has 0 rings (SSSR count). The van der Waals surface area contributed by atoms with Crippen molar-refractivity contribution in [2.45, 2.75) is 341 Å². The van der Waals surface area contributed by atoms with Crippen LogP contribution in [0.2, 0.25) is 0 Å². The molecular formula is C66H128NO8P. The van der Waals surface area contributed by atoms with Gasteiger partial charge in [-0.1, -0.05) is 308 Å². The highest BCUT2D eigenvalue weighted by molar-refractivity contribution is 7.45. The van der Waals surface area contributed by atoms with Crippen molar-refractivity contribution in [3.8, 4) is 0 Å². The van der Waals surface area contributed by atoms with Crippen molar-refractivity contribution in [1.82, 2.24) is 0 Å². The zero-order valence-electron chi connectivity index (χ0n) is 51.2. The maximum absolute atomic E-state index is 12.7. The van der Waals surface area contributed by atoms with E-state index in [1.807, 2.05) is 21.1 Å². The number of hydrogen-bond acceptors (Lipinski definition) is 8. The van der Waals surface area contributed by atoms with Crippen LogP contribution in [-0.2, 0) is 32.7 Å². The number of rotatable bonds is 62. The molecule has 0 spiro atoms. The molecule has 10 heteroatoms. The summed E-state index contributed by atoms with van der Waals surface area (Å²) >= 11 is 0. The van der Waals surface area contributed by atoms with Gasteiger partial charge in [-0.15, -0.1) is 0 Å². The molecule has 0 amide bonds. The molecule has 2 unspecified atom stereocenters. The van der Waals surface area contributed by atoms with Crippen molar-refractivity contribution in [2.24, 2.45) is 0 Å². The summed E-state index contributed by atoms with van der Waals surface area (Å²) in [7, 11) is 1.17.